The zero-order valence-electron chi connectivity index (χ0n) is 7.02. The second kappa shape index (κ2) is 3.51. The van der Waals surface area contributed by atoms with E-state index < -0.39 is 11.9 Å². The van der Waals surface area contributed by atoms with Crippen LogP contribution in [0, 0.1) is 3.70 Å². The number of hydrogen-bond acceptors (Lipinski definition) is 1. The van der Waals surface area contributed by atoms with Crippen LogP contribution in [0.2, 0.25) is 5.02 Å². The second-order valence-corrected chi connectivity index (χ2v) is 4.28. The van der Waals surface area contributed by atoms with Crippen molar-refractivity contribution in [1.82, 2.24) is 9.38 Å². The largest absolute Gasteiger partial charge is 0.436 e. The number of pyridine rings is 1. The van der Waals surface area contributed by atoms with Gasteiger partial charge in [0.05, 0.1) is 0 Å². The summed E-state index contributed by atoms with van der Waals surface area (Å²) in [6, 6.07) is 2.90. The summed E-state index contributed by atoms with van der Waals surface area (Å²) >= 11 is 7.27. The highest BCUT2D eigenvalue weighted by atomic mass is 127. The number of aromatic nitrogens is 2. The molecule has 0 aliphatic heterocycles. The van der Waals surface area contributed by atoms with Crippen LogP contribution in [0.5, 0.6) is 0 Å². The van der Waals surface area contributed by atoms with E-state index in [2.05, 4.69) is 4.98 Å². The molecule has 0 fully saturated rings. The molecular formula is C8H3ClF3IN2. The fourth-order valence-electron chi connectivity index (χ4n) is 1.17. The maximum Gasteiger partial charge on any atom is 0.436 e. The Morgan fingerprint density at radius 2 is 2.07 bits per heavy atom. The van der Waals surface area contributed by atoms with E-state index in [9.17, 15) is 13.2 Å². The molecule has 0 amide bonds. The van der Waals surface area contributed by atoms with Crippen LogP contribution in [-0.4, -0.2) is 9.38 Å². The van der Waals surface area contributed by atoms with Gasteiger partial charge < -0.3 is 0 Å². The van der Waals surface area contributed by atoms with E-state index in [0.717, 1.165) is 0 Å². The Bertz CT molecular complexity index is 520. The van der Waals surface area contributed by atoms with Crippen molar-refractivity contribution < 1.29 is 13.2 Å². The van der Waals surface area contributed by atoms with E-state index in [4.69, 9.17) is 11.6 Å². The first kappa shape index (κ1) is 11.0. The van der Waals surface area contributed by atoms with Crippen LogP contribution in [-0.2, 0) is 6.18 Å². The molecule has 0 unspecified atom stereocenters. The van der Waals surface area contributed by atoms with Crippen LogP contribution >= 0.6 is 34.2 Å². The monoisotopic (exact) mass is 346 g/mol. The summed E-state index contributed by atoms with van der Waals surface area (Å²) in [6.45, 7) is 0. The predicted octanol–water partition coefficient (Wildman–Crippen LogP) is 3.61. The Labute approximate surface area is 101 Å². The van der Waals surface area contributed by atoms with Gasteiger partial charge in [0, 0.05) is 17.3 Å². The number of halogens is 5. The molecule has 2 nitrogen and oxygen atoms in total. The van der Waals surface area contributed by atoms with Gasteiger partial charge in [-0.3, -0.25) is 4.40 Å². The smallest absolute Gasteiger partial charge is 0.294 e. The summed E-state index contributed by atoms with van der Waals surface area (Å²) in [5, 5.41) is 0.359. The predicted molar refractivity (Wildman–Crippen MR) is 57.9 cm³/mol. The van der Waals surface area contributed by atoms with Crippen LogP contribution in [0.1, 0.15) is 5.69 Å². The Hall–Kier alpha value is -0.500. The van der Waals surface area contributed by atoms with Crippen LogP contribution in [0.3, 0.4) is 0 Å². The van der Waals surface area contributed by atoms with Crippen molar-refractivity contribution >= 4 is 39.8 Å². The quantitative estimate of drug-likeness (QED) is 0.666. The minimum atomic E-state index is -4.44. The molecule has 2 rings (SSSR count). The number of alkyl halides is 3. The molecule has 0 aromatic carbocycles. The van der Waals surface area contributed by atoms with Gasteiger partial charge in [0.2, 0.25) is 0 Å². The summed E-state index contributed by atoms with van der Waals surface area (Å²) in [5.41, 5.74) is -0.690. The van der Waals surface area contributed by atoms with E-state index in [-0.39, 0.29) is 9.35 Å². The highest BCUT2D eigenvalue weighted by molar-refractivity contribution is 14.1. The third-order valence-electron chi connectivity index (χ3n) is 1.80. The molecule has 2 aromatic rings. The summed E-state index contributed by atoms with van der Waals surface area (Å²) < 4.78 is 38.8. The maximum absolute atomic E-state index is 12.5. The molecule has 2 heterocycles. The highest BCUT2D eigenvalue weighted by Crippen LogP contribution is 2.32. The lowest BCUT2D eigenvalue weighted by molar-refractivity contribution is -0.141. The topological polar surface area (TPSA) is 17.3 Å². The number of fused-ring (bicyclic) bond motifs is 1. The van der Waals surface area contributed by atoms with Crippen LogP contribution in [0.15, 0.2) is 18.3 Å². The molecule has 0 aliphatic carbocycles. The lowest BCUT2D eigenvalue weighted by Gasteiger charge is -2.01. The van der Waals surface area contributed by atoms with E-state index >= 15 is 0 Å². The molecule has 2 aromatic heterocycles. The molecule has 0 spiro atoms. The molecule has 0 saturated carbocycles. The third kappa shape index (κ3) is 1.92. The van der Waals surface area contributed by atoms with Crippen molar-refractivity contribution in [1.29, 1.82) is 0 Å². The zero-order valence-corrected chi connectivity index (χ0v) is 9.93. The average molecular weight is 346 g/mol. The first-order valence-electron chi connectivity index (χ1n) is 3.80. The van der Waals surface area contributed by atoms with E-state index in [0.29, 0.717) is 5.02 Å². The average Bonchev–Trinajstić information content (AvgIpc) is 2.42. The fourth-order valence-corrected chi connectivity index (χ4v) is 2.16. The van der Waals surface area contributed by atoms with Gasteiger partial charge in [-0.2, -0.15) is 13.2 Å². The summed E-state index contributed by atoms with van der Waals surface area (Å²) in [5.74, 6) is 0. The number of rotatable bonds is 0. The second-order valence-electron chi connectivity index (χ2n) is 2.82. The molecule has 0 saturated heterocycles. The first-order chi connectivity index (χ1) is 6.89. The molecule has 0 radical (unpaired) electrons. The summed E-state index contributed by atoms with van der Waals surface area (Å²) in [7, 11) is 0. The van der Waals surface area contributed by atoms with Crippen molar-refractivity contribution in [3.05, 3.63) is 32.7 Å². The minimum Gasteiger partial charge on any atom is -0.294 e. The molecule has 7 heteroatoms. The Morgan fingerprint density at radius 1 is 1.40 bits per heavy atom. The molecule has 15 heavy (non-hydrogen) atoms. The third-order valence-corrected chi connectivity index (χ3v) is 3.06. The van der Waals surface area contributed by atoms with Crippen molar-refractivity contribution in [3.8, 4) is 0 Å². The first-order valence-corrected chi connectivity index (χ1v) is 5.25. The Balaban J connectivity index is 2.75. The highest BCUT2D eigenvalue weighted by Gasteiger charge is 2.37. The normalized spacial score (nSPS) is 12.3. The van der Waals surface area contributed by atoms with Crippen LogP contribution < -0.4 is 0 Å². The van der Waals surface area contributed by atoms with Gasteiger partial charge in [-0.1, -0.05) is 11.6 Å². The standard InChI is InChI=1S/C8H3ClF3IN2/c9-4-1-2-15-5(3-4)14-6(7(15)13)8(10,11)12/h1-3H. The van der Waals surface area contributed by atoms with Crippen LogP contribution in [0.25, 0.3) is 5.65 Å². The zero-order chi connectivity index (χ0) is 11.2. The van der Waals surface area contributed by atoms with Gasteiger partial charge in [-0.05, 0) is 28.7 Å². The maximum atomic E-state index is 12.5. The van der Waals surface area contributed by atoms with Gasteiger partial charge >= 0.3 is 6.18 Å². The molecule has 0 N–H and O–H groups in total. The summed E-state index contributed by atoms with van der Waals surface area (Å²) in [4.78, 5) is 3.49. The van der Waals surface area contributed by atoms with E-state index in [1.165, 1.54) is 22.7 Å². The SMILES string of the molecule is FC(F)(F)c1nc2cc(Cl)ccn2c1I. The lowest BCUT2D eigenvalue weighted by atomic mass is 10.5. The van der Waals surface area contributed by atoms with Crippen molar-refractivity contribution in [2.45, 2.75) is 6.18 Å². The van der Waals surface area contributed by atoms with Gasteiger partial charge in [0.1, 0.15) is 9.35 Å². The lowest BCUT2D eigenvalue weighted by Crippen LogP contribution is -2.07. The van der Waals surface area contributed by atoms with Crippen molar-refractivity contribution in [2.24, 2.45) is 0 Å². The Morgan fingerprint density at radius 3 is 2.67 bits per heavy atom. The molecule has 0 bridgehead atoms. The molecule has 0 atom stereocenters. The van der Waals surface area contributed by atoms with Crippen molar-refractivity contribution in [2.75, 3.05) is 0 Å². The van der Waals surface area contributed by atoms with Gasteiger partial charge in [0.15, 0.2) is 5.69 Å². The number of nitrogens with zero attached hydrogens (tertiary/aromatic N) is 2. The van der Waals surface area contributed by atoms with Crippen LogP contribution in [0.4, 0.5) is 13.2 Å². The minimum absolute atomic E-state index is 0.0340. The molecular weight excluding hydrogens is 343 g/mol. The molecule has 0 aliphatic rings. The molecule has 80 valence electrons. The van der Waals surface area contributed by atoms with Crippen molar-refractivity contribution in [3.63, 3.8) is 0 Å². The van der Waals surface area contributed by atoms with E-state index in [1.54, 1.807) is 22.6 Å². The summed E-state index contributed by atoms with van der Waals surface area (Å²) in [6.07, 6.45) is -2.98. The van der Waals surface area contributed by atoms with Gasteiger partial charge in [-0.25, -0.2) is 4.98 Å². The number of hydrogen-bond donors (Lipinski definition) is 0. The number of imidazole rings is 1. The Kier molecular flexibility index (Phi) is 2.58. The van der Waals surface area contributed by atoms with E-state index in [1.807, 2.05) is 0 Å². The fraction of sp³-hybridized carbons (Fsp3) is 0.125. The van der Waals surface area contributed by atoms with Gasteiger partial charge in [0.25, 0.3) is 0 Å². The van der Waals surface area contributed by atoms with Gasteiger partial charge in [-0.15, -0.1) is 0 Å².